The van der Waals surface area contributed by atoms with Crippen LogP contribution in [0.2, 0.25) is 0 Å². The molecule has 4 nitrogen and oxygen atoms in total. The van der Waals surface area contributed by atoms with Crippen LogP contribution in [-0.2, 0) is 14.3 Å². The normalized spacial score (nSPS) is 28.5. The number of halogens is 3. The fraction of sp³-hybridized carbons (Fsp3) is 0.536. The first kappa shape index (κ1) is 24.3. The number of hydrogen-bond acceptors (Lipinski definition) is 4. The molecule has 1 unspecified atom stereocenters. The summed E-state index contributed by atoms with van der Waals surface area (Å²) in [6.45, 7) is 0.574. The highest BCUT2D eigenvalue weighted by Crippen LogP contribution is 2.41. The highest BCUT2D eigenvalue weighted by molar-refractivity contribution is 5.75. The molecule has 1 heterocycles. The summed E-state index contributed by atoms with van der Waals surface area (Å²) in [5, 5.41) is 0. The molecule has 35 heavy (non-hydrogen) atoms. The molecule has 5 rings (SSSR count). The van der Waals surface area contributed by atoms with E-state index < -0.39 is 23.4 Å². The summed E-state index contributed by atoms with van der Waals surface area (Å²) in [6, 6.07) is 7.95. The van der Waals surface area contributed by atoms with Gasteiger partial charge in [0, 0.05) is 7.11 Å². The van der Waals surface area contributed by atoms with Crippen LogP contribution in [0, 0.1) is 23.4 Å². The van der Waals surface area contributed by atoms with Crippen LogP contribution in [0.1, 0.15) is 86.0 Å². The van der Waals surface area contributed by atoms with Crippen LogP contribution in [0.3, 0.4) is 0 Å². The van der Waals surface area contributed by atoms with Crippen molar-refractivity contribution in [2.24, 2.45) is 5.92 Å². The minimum Gasteiger partial charge on any atom is -0.423 e. The smallest absolute Gasteiger partial charge is 0.314 e. The standard InChI is InChI=1S/C28H31F3O4/c1-33-20-9-6-17(7-10-20)22-12-11-21(26(30)27(22)31)16-2-4-18(5-3-16)28(32)35-24-13-8-19(14-23(24)29)25-15-34-25/h8,11-14,16-18,20,25H,2-7,9-10,15H2,1H3. The van der Waals surface area contributed by atoms with Gasteiger partial charge >= 0.3 is 5.97 Å². The van der Waals surface area contributed by atoms with Gasteiger partial charge in [-0.15, -0.1) is 0 Å². The van der Waals surface area contributed by atoms with Gasteiger partial charge in [0.15, 0.2) is 23.2 Å². The number of methoxy groups -OCH3 is 1. The molecule has 0 bridgehead atoms. The number of esters is 1. The number of ether oxygens (including phenoxy) is 3. The van der Waals surface area contributed by atoms with Crippen LogP contribution in [0.25, 0.3) is 0 Å². The molecule has 1 atom stereocenters. The molecule has 188 valence electrons. The predicted octanol–water partition coefficient (Wildman–Crippen LogP) is 6.73. The lowest BCUT2D eigenvalue weighted by atomic mass is 9.77. The summed E-state index contributed by atoms with van der Waals surface area (Å²) in [6.07, 6.45) is 5.50. The van der Waals surface area contributed by atoms with Crippen molar-refractivity contribution in [2.75, 3.05) is 13.7 Å². The van der Waals surface area contributed by atoms with Gasteiger partial charge in [-0.1, -0.05) is 18.2 Å². The van der Waals surface area contributed by atoms with Gasteiger partial charge in [-0.3, -0.25) is 4.79 Å². The third-order valence-corrected chi connectivity index (χ3v) is 7.96. The molecule has 0 N–H and O–H groups in total. The Balaban J connectivity index is 1.18. The summed E-state index contributed by atoms with van der Waals surface area (Å²) < 4.78 is 60.3. The summed E-state index contributed by atoms with van der Waals surface area (Å²) in [4.78, 5) is 12.6. The molecule has 2 aromatic carbocycles. The number of carbonyl (C=O) groups is 1. The predicted molar refractivity (Wildman–Crippen MR) is 124 cm³/mol. The van der Waals surface area contributed by atoms with E-state index in [1.165, 1.54) is 12.1 Å². The van der Waals surface area contributed by atoms with Gasteiger partial charge in [0.2, 0.25) is 0 Å². The van der Waals surface area contributed by atoms with E-state index in [-0.39, 0.29) is 35.7 Å². The Morgan fingerprint density at radius 2 is 1.43 bits per heavy atom. The molecule has 0 amide bonds. The Morgan fingerprint density at radius 1 is 0.857 bits per heavy atom. The highest BCUT2D eigenvalue weighted by atomic mass is 19.2. The lowest BCUT2D eigenvalue weighted by Gasteiger charge is -2.30. The Morgan fingerprint density at radius 3 is 1.94 bits per heavy atom. The fourth-order valence-corrected chi connectivity index (χ4v) is 5.69. The molecular formula is C28H31F3O4. The van der Waals surface area contributed by atoms with Crippen LogP contribution < -0.4 is 4.74 Å². The molecule has 7 heteroatoms. The van der Waals surface area contributed by atoms with E-state index in [2.05, 4.69) is 0 Å². The van der Waals surface area contributed by atoms with Gasteiger partial charge < -0.3 is 14.2 Å². The second-order valence-corrected chi connectivity index (χ2v) is 10.1. The number of rotatable bonds is 6. The maximum Gasteiger partial charge on any atom is 0.314 e. The molecule has 0 spiro atoms. The van der Waals surface area contributed by atoms with Gasteiger partial charge in [0.25, 0.3) is 0 Å². The summed E-state index contributed by atoms with van der Waals surface area (Å²) in [5.41, 5.74) is 1.57. The lowest BCUT2D eigenvalue weighted by Crippen LogP contribution is -2.26. The van der Waals surface area contributed by atoms with E-state index in [4.69, 9.17) is 14.2 Å². The number of epoxide rings is 1. The average Bonchev–Trinajstić information content (AvgIpc) is 3.73. The first-order chi connectivity index (χ1) is 16.9. The third-order valence-electron chi connectivity index (χ3n) is 7.96. The Kier molecular flexibility index (Phi) is 7.17. The van der Waals surface area contributed by atoms with E-state index in [0.29, 0.717) is 43.4 Å². The zero-order valence-electron chi connectivity index (χ0n) is 19.9. The molecule has 2 aliphatic carbocycles. The van der Waals surface area contributed by atoms with Gasteiger partial charge in [0.1, 0.15) is 6.10 Å². The first-order valence-corrected chi connectivity index (χ1v) is 12.6. The monoisotopic (exact) mass is 488 g/mol. The van der Waals surface area contributed by atoms with Crippen LogP contribution in [0.4, 0.5) is 13.2 Å². The zero-order valence-corrected chi connectivity index (χ0v) is 19.9. The van der Waals surface area contributed by atoms with Crippen molar-refractivity contribution in [3.8, 4) is 5.75 Å². The van der Waals surface area contributed by atoms with E-state index in [9.17, 15) is 9.18 Å². The maximum absolute atomic E-state index is 15.1. The molecule has 3 aliphatic rings. The van der Waals surface area contributed by atoms with E-state index in [1.807, 2.05) is 0 Å². The van der Waals surface area contributed by atoms with Gasteiger partial charge in [0.05, 0.1) is 18.6 Å². The van der Waals surface area contributed by atoms with E-state index >= 15 is 8.78 Å². The average molecular weight is 489 g/mol. The SMILES string of the molecule is COC1CCC(c2ccc(C3CCC(C(=O)Oc4ccc(C5CO5)cc4F)CC3)c(F)c2F)CC1. The largest absolute Gasteiger partial charge is 0.423 e. The molecule has 0 radical (unpaired) electrons. The van der Waals surface area contributed by atoms with Gasteiger partial charge in [-0.2, -0.15) is 0 Å². The van der Waals surface area contributed by atoms with Crippen molar-refractivity contribution < 1.29 is 32.2 Å². The molecule has 1 saturated heterocycles. The molecule has 3 fully saturated rings. The number of hydrogen-bond donors (Lipinski definition) is 0. The van der Waals surface area contributed by atoms with Crippen molar-refractivity contribution in [1.29, 1.82) is 0 Å². The Hall–Kier alpha value is -2.38. The van der Waals surface area contributed by atoms with Crippen molar-refractivity contribution >= 4 is 5.97 Å². The van der Waals surface area contributed by atoms with E-state index in [1.54, 1.807) is 25.3 Å². The van der Waals surface area contributed by atoms with Crippen molar-refractivity contribution in [1.82, 2.24) is 0 Å². The molecule has 1 aliphatic heterocycles. The second-order valence-electron chi connectivity index (χ2n) is 10.1. The number of carbonyl (C=O) groups excluding carboxylic acids is 1. The quantitative estimate of drug-likeness (QED) is 0.257. The summed E-state index contributed by atoms with van der Waals surface area (Å²) in [5.74, 6) is -3.18. The summed E-state index contributed by atoms with van der Waals surface area (Å²) in [7, 11) is 1.69. The molecular weight excluding hydrogens is 457 g/mol. The van der Waals surface area contributed by atoms with Crippen LogP contribution in [0.5, 0.6) is 5.75 Å². The van der Waals surface area contributed by atoms with Gasteiger partial charge in [-0.05, 0) is 92.0 Å². The molecule has 2 aromatic rings. The highest BCUT2D eigenvalue weighted by Gasteiger charge is 2.33. The second kappa shape index (κ2) is 10.3. The molecule has 0 aromatic heterocycles. The van der Waals surface area contributed by atoms with Crippen molar-refractivity contribution in [3.63, 3.8) is 0 Å². The lowest BCUT2D eigenvalue weighted by molar-refractivity contribution is -0.140. The van der Waals surface area contributed by atoms with Gasteiger partial charge in [-0.25, -0.2) is 13.2 Å². The first-order valence-electron chi connectivity index (χ1n) is 12.6. The number of benzene rings is 2. The van der Waals surface area contributed by atoms with Crippen molar-refractivity contribution in [3.05, 3.63) is 64.5 Å². The fourth-order valence-electron chi connectivity index (χ4n) is 5.69. The Bertz CT molecular complexity index is 1070. The van der Waals surface area contributed by atoms with Crippen LogP contribution in [0.15, 0.2) is 30.3 Å². The Labute approximate surface area is 203 Å². The topological polar surface area (TPSA) is 48.1 Å². The third kappa shape index (κ3) is 5.26. The van der Waals surface area contributed by atoms with E-state index in [0.717, 1.165) is 31.2 Å². The van der Waals surface area contributed by atoms with Crippen molar-refractivity contribution in [2.45, 2.75) is 75.4 Å². The summed E-state index contributed by atoms with van der Waals surface area (Å²) >= 11 is 0. The molecule has 2 saturated carbocycles. The minimum absolute atomic E-state index is 0.0155. The van der Waals surface area contributed by atoms with Crippen LogP contribution in [-0.4, -0.2) is 25.8 Å². The zero-order chi connectivity index (χ0) is 24.5. The van der Waals surface area contributed by atoms with Crippen LogP contribution >= 0.6 is 0 Å². The minimum atomic E-state index is -0.760. The maximum atomic E-state index is 15.1.